The normalized spacial score (nSPS) is 24.1. The first-order chi connectivity index (χ1) is 18.9. The molecule has 2 aliphatic carbocycles. The number of hydrogen-bond acceptors (Lipinski definition) is 8. The second kappa shape index (κ2) is 8.95. The van der Waals surface area contributed by atoms with E-state index in [-0.39, 0.29) is 28.5 Å². The lowest BCUT2D eigenvalue weighted by molar-refractivity contribution is 0.182. The van der Waals surface area contributed by atoms with Crippen LogP contribution in [0.5, 0.6) is 0 Å². The van der Waals surface area contributed by atoms with Crippen molar-refractivity contribution in [2.75, 3.05) is 12.8 Å². The SMILES string of the molecule is CCS(=O)(=O)[C@@H](C)c1coc(-c2cncc([C@@]34CC[C@@H](C5=C3N(C)NC(c3c(F)cccc3F)=C5)C4(C)C)n2)n1. The Labute approximate surface area is 232 Å². The van der Waals surface area contributed by atoms with Gasteiger partial charge in [0.05, 0.1) is 40.0 Å². The zero-order valence-corrected chi connectivity index (χ0v) is 23.8. The summed E-state index contributed by atoms with van der Waals surface area (Å²) in [5.74, 6) is -0.915. The molecule has 2 aromatic heterocycles. The number of halogens is 2. The van der Waals surface area contributed by atoms with E-state index >= 15 is 0 Å². The molecule has 210 valence electrons. The lowest BCUT2D eigenvalue weighted by atomic mass is 9.65. The molecule has 0 unspecified atom stereocenters. The van der Waals surface area contributed by atoms with E-state index in [0.717, 1.165) is 29.8 Å². The predicted octanol–water partition coefficient (Wildman–Crippen LogP) is 5.34. The Hall–Kier alpha value is -3.60. The second-order valence-corrected chi connectivity index (χ2v) is 13.9. The number of aromatic nitrogens is 3. The largest absolute Gasteiger partial charge is 0.443 e. The minimum absolute atomic E-state index is 0.00311. The molecule has 1 aliphatic heterocycles. The monoisotopic (exact) mass is 567 g/mol. The minimum atomic E-state index is -3.34. The third-order valence-electron chi connectivity index (χ3n) is 9.16. The molecule has 3 aromatic rings. The molecule has 1 saturated carbocycles. The maximum atomic E-state index is 14.7. The van der Waals surface area contributed by atoms with E-state index in [1.54, 1.807) is 26.2 Å². The van der Waals surface area contributed by atoms with Crippen LogP contribution in [0.1, 0.15) is 62.7 Å². The fraction of sp³-hybridized carbons (Fsp3) is 0.414. The molecule has 11 heteroatoms. The van der Waals surface area contributed by atoms with Gasteiger partial charge < -0.3 is 4.42 Å². The van der Waals surface area contributed by atoms with Gasteiger partial charge in [0.25, 0.3) is 0 Å². The number of rotatable bonds is 6. The first-order valence-corrected chi connectivity index (χ1v) is 15.0. The van der Waals surface area contributed by atoms with Crippen molar-refractivity contribution in [3.63, 3.8) is 0 Å². The van der Waals surface area contributed by atoms with Crippen LogP contribution in [0.3, 0.4) is 0 Å². The van der Waals surface area contributed by atoms with E-state index in [0.29, 0.717) is 17.1 Å². The van der Waals surface area contributed by atoms with Gasteiger partial charge in [0.1, 0.15) is 28.8 Å². The van der Waals surface area contributed by atoms with Crippen LogP contribution in [0.25, 0.3) is 17.3 Å². The molecule has 0 saturated heterocycles. The van der Waals surface area contributed by atoms with Crippen molar-refractivity contribution in [1.29, 1.82) is 0 Å². The molecule has 0 amide bonds. The van der Waals surface area contributed by atoms with E-state index in [4.69, 9.17) is 9.40 Å². The summed E-state index contributed by atoms with van der Waals surface area (Å²) in [6.07, 6.45) is 8.23. The molecule has 3 heterocycles. The van der Waals surface area contributed by atoms with Crippen LogP contribution in [-0.4, -0.2) is 41.2 Å². The smallest absolute Gasteiger partial charge is 0.246 e. The number of oxazole rings is 1. The number of sulfone groups is 1. The number of hydrogen-bond donors (Lipinski definition) is 1. The van der Waals surface area contributed by atoms with Gasteiger partial charge in [-0.15, -0.1) is 0 Å². The highest BCUT2D eigenvalue weighted by Gasteiger charge is 2.66. The molecule has 0 radical (unpaired) electrons. The molecule has 6 rings (SSSR count). The van der Waals surface area contributed by atoms with Crippen LogP contribution in [0.2, 0.25) is 0 Å². The van der Waals surface area contributed by atoms with Gasteiger partial charge in [-0.2, -0.15) is 0 Å². The molecule has 8 nitrogen and oxygen atoms in total. The van der Waals surface area contributed by atoms with Crippen molar-refractivity contribution in [1.82, 2.24) is 25.4 Å². The molecule has 3 aliphatic rings. The number of hydrazine groups is 1. The lowest BCUT2D eigenvalue weighted by Gasteiger charge is -2.44. The average molecular weight is 568 g/mol. The van der Waals surface area contributed by atoms with Gasteiger partial charge in [0, 0.05) is 19.0 Å². The van der Waals surface area contributed by atoms with E-state index < -0.39 is 32.1 Å². The van der Waals surface area contributed by atoms with Gasteiger partial charge >= 0.3 is 0 Å². The number of allylic oxidation sites excluding steroid dienone is 3. The van der Waals surface area contributed by atoms with Gasteiger partial charge in [-0.05, 0) is 54.9 Å². The Balaban J connectivity index is 1.45. The summed E-state index contributed by atoms with van der Waals surface area (Å²) in [6, 6.07) is 3.86. The van der Waals surface area contributed by atoms with Crippen LogP contribution in [0.15, 0.2) is 58.6 Å². The lowest BCUT2D eigenvalue weighted by Crippen LogP contribution is -2.47. The summed E-state index contributed by atoms with van der Waals surface area (Å²) in [5, 5.41) is 1.05. The molecule has 0 spiro atoms. The third kappa shape index (κ3) is 3.59. The molecule has 1 fully saturated rings. The van der Waals surface area contributed by atoms with Crippen molar-refractivity contribution in [2.45, 2.75) is 51.2 Å². The summed E-state index contributed by atoms with van der Waals surface area (Å²) in [5.41, 5.74) is 6.15. The highest BCUT2D eigenvalue weighted by molar-refractivity contribution is 7.91. The van der Waals surface area contributed by atoms with Crippen molar-refractivity contribution in [3.8, 4) is 11.6 Å². The highest BCUT2D eigenvalue weighted by Crippen LogP contribution is 2.69. The van der Waals surface area contributed by atoms with Crippen LogP contribution in [0.4, 0.5) is 8.78 Å². The zero-order valence-electron chi connectivity index (χ0n) is 23.0. The van der Waals surface area contributed by atoms with Crippen molar-refractivity contribution in [3.05, 3.63) is 82.8 Å². The topological polar surface area (TPSA) is 101 Å². The molecule has 1 aromatic carbocycles. The molecule has 40 heavy (non-hydrogen) atoms. The molecule has 2 bridgehead atoms. The van der Waals surface area contributed by atoms with Crippen LogP contribution < -0.4 is 5.43 Å². The molecule has 3 atom stereocenters. The number of likely N-dealkylation sites (N-methyl/N-ethyl adjacent to an activating group) is 1. The quantitative estimate of drug-likeness (QED) is 0.426. The first kappa shape index (κ1) is 26.6. The third-order valence-corrected chi connectivity index (χ3v) is 11.3. The van der Waals surface area contributed by atoms with Gasteiger partial charge in [-0.1, -0.05) is 26.8 Å². The fourth-order valence-corrected chi connectivity index (χ4v) is 7.93. The average Bonchev–Trinajstić information content (AvgIpc) is 3.56. The van der Waals surface area contributed by atoms with Crippen LogP contribution in [-0.2, 0) is 15.3 Å². The first-order valence-electron chi connectivity index (χ1n) is 13.3. The van der Waals surface area contributed by atoms with E-state index in [1.165, 1.54) is 24.5 Å². The number of benzene rings is 1. The highest BCUT2D eigenvalue weighted by atomic mass is 32.2. The van der Waals surface area contributed by atoms with Gasteiger partial charge in [-0.3, -0.25) is 15.4 Å². The Kier molecular flexibility index (Phi) is 5.96. The van der Waals surface area contributed by atoms with Gasteiger partial charge in [0.2, 0.25) is 5.89 Å². The summed E-state index contributed by atoms with van der Waals surface area (Å²) in [6.45, 7) is 7.59. The van der Waals surface area contributed by atoms with Gasteiger partial charge in [-0.25, -0.2) is 27.2 Å². The van der Waals surface area contributed by atoms with Crippen molar-refractivity contribution < 1.29 is 21.6 Å². The second-order valence-electron chi connectivity index (χ2n) is 11.3. The number of nitrogens with one attached hydrogen (secondary N) is 1. The van der Waals surface area contributed by atoms with E-state index in [1.807, 2.05) is 18.1 Å². The summed E-state index contributed by atoms with van der Waals surface area (Å²) in [7, 11) is -1.49. The Morgan fingerprint density at radius 3 is 2.62 bits per heavy atom. The van der Waals surface area contributed by atoms with Crippen LogP contribution >= 0.6 is 0 Å². The molecular weight excluding hydrogens is 536 g/mol. The number of fused-ring (bicyclic) bond motifs is 4. The Bertz CT molecular complexity index is 1680. The summed E-state index contributed by atoms with van der Waals surface area (Å²) >= 11 is 0. The Morgan fingerprint density at radius 1 is 1.20 bits per heavy atom. The minimum Gasteiger partial charge on any atom is -0.443 e. The maximum Gasteiger partial charge on any atom is 0.246 e. The number of nitrogens with zero attached hydrogens (tertiary/aromatic N) is 4. The van der Waals surface area contributed by atoms with Crippen LogP contribution in [0, 0.1) is 23.0 Å². The summed E-state index contributed by atoms with van der Waals surface area (Å²) < 4.78 is 59.8. The maximum absolute atomic E-state index is 14.7. The Morgan fingerprint density at radius 2 is 1.93 bits per heavy atom. The van der Waals surface area contributed by atoms with Gasteiger partial charge in [0.15, 0.2) is 9.84 Å². The summed E-state index contributed by atoms with van der Waals surface area (Å²) in [4.78, 5) is 13.9. The van der Waals surface area contributed by atoms with Crippen molar-refractivity contribution in [2.24, 2.45) is 11.3 Å². The fourth-order valence-electron chi connectivity index (χ4n) is 6.96. The van der Waals surface area contributed by atoms with E-state index in [2.05, 4.69) is 29.2 Å². The molecular formula is C29H31F2N5O3S. The van der Waals surface area contributed by atoms with Crippen molar-refractivity contribution >= 4 is 15.5 Å². The predicted molar refractivity (Wildman–Crippen MR) is 146 cm³/mol. The zero-order chi connectivity index (χ0) is 28.6. The standard InChI is InChI=1S/C29H31F2N5O3S/c1-6-40(37,38)16(2)23-15-39-27(34-23)22-13-32-14-24(33-22)29-11-10-18(28(29,3)4)17-12-21(35-36(5)26(17)29)25-19(30)8-7-9-20(25)31/h7-9,12-16,18,35H,6,10-11H2,1-5H3/t16-,18-,29-/m0/s1. The van der Waals surface area contributed by atoms with E-state index in [9.17, 15) is 17.2 Å². The molecule has 1 N–H and O–H groups in total.